The van der Waals surface area contributed by atoms with Crippen molar-refractivity contribution in [2.75, 3.05) is 53.0 Å². The number of amides is 2. The molecule has 1 fully saturated rings. The van der Waals surface area contributed by atoms with Gasteiger partial charge in [-0.25, -0.2) is 0 Å². The molecular weight excluding hydrogens is 394 g/mol. The van der Waals surface area contributed by atoms with Crippen molar-refractivity contribution in [3.63, 3.8) is 0 Å². The number of methoxy groups -OCH3 is 1. The van der Waals surface area contributed by atoms with E-state index in [4.69, 9.17) is 9.15 Å². The van der Waals surface area contributed by atoms with Crippen LogP contribution in [0.15, 0.2) is 47.1 Å². The summed E-state index contributed by atoms with van der Waals surface area (Å²) in [5, 5.41) is 6.18. The molecule has 0 saturated carbocycles. The fraction of sp³-hybridized carbons (Fsp3) is 0.417. The first-order valence-corrected chi connectivity index (χ1v) is 10.8. The quantitative estimate of drug-likeness (QED) is 0.563. The normalized spacial score (nSPS) is 14.9. The lowest BCUT2D eigenvalue weighted by molar-refractivity contribution is -0.132. The number of hydrogen-bond donors (Lipinski definition) is 1. The number of fused-ring (bicyclic) bond motifs is 3. The highest BCUT2D eigenvalue weighted by Crippen LogP contribution is 2.30. The Morgan fingerprint density at radius 2 is 1.90 bits per heavy atom. The summed E-state index contributed by atoms with van der Waals surface area (Å²) in [4.78, 5) is 29.0. The summed E-state index contributed by atoms with van der Waals surface area (Å²) in [5.74, 6) is 0.118. The Hall–Kier alpha value is -2.90. The van der Waals surface area contributed by atoms with E-state index >= 15 is 0 Å². The van der Waals surface area contributed by atoms with Crippen LogP contribution in [0, 0.1) is 0 Å². The molecule has 164 valence electrons. The third kappa shape index (κ3) is 5.06. The summed E-state index contributed by atoms with van der Waals surface area (Å²) in [6.07, 6.45) is 2.84. The van der Waals surface area contributed by atoms with E-state index in [1.807, 2.05) is 29.2 Å². The number of hydrogen-bond acceptors (Lipinski definition) is 5. The second kappa shape index (κ2) is 9.94. The number of nitrogens with zero attached hydrogens (tertiary/aromatic N) is 2. The minimum atomic E-state index is 0.0209. The van der Waals surface area contributed by atoms with E-state index in [1.165, 1.54) is 0 Å². The molecular formula is C24H29N3O4. The molecule has 0 spiro atoms. The van der Waals surface area contributed by atoms with Gasteiger partial charge in [-0.3, -0.25) is 14.5 Å². The molecule has 7 nitrogen and oxygen atoms in total. The average molecular weight is 424 g/mol. The molecule has 1 saturated heterocycles. The molecule has 1 aromatic heterocycles. The summed E-state index contributed by atoms with van der Waals surface area (Å²) in [5.41, 5.74) is 1.73. The van der Waals surface area contributed by atoms with Crippen LogP contribution in [0.1, 0.15) is 12.0 Å². The zero-order chi connectivity index (χ0) is 21.6. The second-order valence-corrected chi connectivity index (χ2v) is 7.95. The summed E-state index contributed by atoms with van der Waals surface area (Å²) < 4.78 is 10.7. The smallest absolute Gasteiger partial charge is 0.234 e. The molecule has 0 atom stereocenters. The van der Waals surface area contributed by atoms with Crippen LogP contribution in [0.25, 0.3) is 21.7 Å². The third-order valence-electron chi connectivity index (χ3n) is 5.82. The van der Waals surface area contributed by atoms with Crippen LogP contribution in [0.2, 0.25) is 0 Å². The topological polar surface area (TPSA) is 75.0 Å². The summed E-state index contributed by atoms with van der Waals surface area (Å²) >= 11 is 0. The zero-order valence-electron chi connectivity index (χ0n) is 17.9. The largest absolute Gasteiger partial charge is 0.464 e. The monoisotopic (exact) mass is 423 g/mol. The molecule has 0 bridgehead atoms. The van der Waals surface area contributed by atoms with E-state index in [0.29, 0.717) is 52.3 Å². The van der Waals surface area contributed by atoms with Crippen LogP contribution < -0.4 is 5.32 Å². The van der Waals surface area contributed by atoms with Crippen LogP contribution in [0.3, 0.4) is 0 Å². The van der Waals surface area contributed by atoms with Gasteiger partial charge in [0.25, 0.3) is 0 Å². The number of rotatable bonds is 8. The van der Waals surface area contributed by atoms with Crippen molar-refractivity contribution in [2.24, 2.45) is 0 Å². The van der Waals surface area contributed by atoms with E-state index in [9.17, 15) is 9.59 Å². The molecule has 4 rings (SSSR count). The lowest BCUT2D eigenvalue weighted by atomic mass is 10.0. The summed E-state index contributed by atoms with van der Waals surface area (Å²) in [6, 6.07) is 12.2. The van der Waals surface area contributed by atoms with E-state index < -0.39 is 0 Å². The Kier molecular flexibility index (Phi) is 6.84. The Labute approximate surface area is 181 Å². The molecule has 0 unspecified atom stereocenters. The fourth-order valence-electron chi connectivity index (χ4n) is 4.14. The number of carbonyl (C=O) groups excluding carboxylic acids is 2. The van der Waals surface area contributed by atoms with Gasteiger partial charge in [-0.05, 0) is 23.3 Å². The van der Waals surface area contributed by atoms with Gasteiger partial charge in [-0.2, -0.15) is 0 Å². The van der Waals surface area contributed by atoms with Gasteiger partial charge in [0.1, 0.15) is 5.58 Å². The molecule has 0 radical (unpaired) electrons. The number of benzene rings is 2. The van der Waals surface area contributed by atoms with Gasteiger partial charge in [0.05, 0.1) is 19.2 Å². The first-order chi connectivity index (χ1) is 15.2. The molecule has 1 aliphatic rings. The molecule has 0 aliphatic carbocycles. The number of ether oxygens (including phenoxy) is 1. The van der Waals surface area contributed by atoms with Gasteiger partial charge >= 0.3 is 0 Å². The average Bonchev–Trinajstić information content (AvgIpc) is 3.20. The van der Waals surface area contributed by atoms with Crippen molar-refractivity contribution in [1.82, 2.24) is 15.1 Å². The molecule has 2 amide bonds. The van der Waals surface area contributed by atoms with Crippen molar-refractivity contribution in [3.05, 3.63) is 48.2 Å². The number of furan rings is 1. The van der Waals surface area contributed by atoms with Crippen molar-refractivity contribution in [1.29, 1.82) is 0 Å². The summed E-state index contributed by atoms with van der Waals surface area (Å²) in [7, 11) is 1.65. The minimum Gasteiger partial charge on any atom is -0.464 e. The van der Waals surface area contributed by atoms with Crippen LogP contribution in [0.4, 0.5) is 0 Å². The van der Waals surface area contributed by atoms with Gasteiger partial charge in [0.15, 0.2) is 0 Å². The lowest BCUT2D eigenvalue weighted by Gasteiger charge is -2.34. The zero-order valence-corrected chi connectivity index (χ0v) is 17.9. The van der Waals surface area contributed by atoms with E-state index in [1.54, 1.807) is 13.4 Å². The molecule has 7 heteroatoms. The predicted octanol–water partition coefficient (Wildman–Crippen LogP) is 2.43. The van der Waals surface area contributed by atoms with Gasteiger partial charge < -0.3 is 19.4 Å². The SMILES string of the molecule is COCCCNC(=O)CN1CCN(C(=O)Cc2coc3ccc4ccccc4c23)CC1. The third-order valence-corrected chi connectivity index (χ3v) is 5.82. The van der Waals surface area contributed by atoms with Crippen molar-refractivity contribution in [3.8, 4) is 0 Å². The van der Waals surface area contributed by atoms with Crippen molar-refractivity contribution >= 4 is 33.6 Å². The number of piperazine rings is 1. The Bertz CT molecular complexity index is 1050. The molecule has 2 heterocycles. The number of carbonyl (C=O) groups is 2. The Morgan fingerprint density at radius 1 is 1.10 bits per heavy atom. The van der Waals surface area contributed by atoms with Gasteiger partial charge in [0.2, 0.25) is 11.8 Å². The molecule has 1 aliphatic heterocycles. The molecule has 3 aromatic rings. The van der Waals surface area contributed by atoms with Gasteiger partial charge in [0, 0.05) is 57.4 Å². The predicted molar refractivity (Wildman–Crippen MR) is 120 cm³/mol. The first kappa shape index (κ1) is 21.3. The highest BCUT2D eigenvalue weighted by molar-refractivity contribution is 6.08. The Morgan fingerprint density at radius 3 is 2.71 bits per heavy atom. The molecule has 1 N–H and O–H groups in total. The molecule has 31 heavy (non-hydrogen) atoms. The highest BCUT2D eigenvalue weighted by atomic mass is 16.5. The fourth-order valence-corrected chi connectivity index (χ4v) is 4.14. The first-order valence-electron chi connectivity index (χ1n) is 10.8. The highest BCUT2D eigenvalue weighted by Gasteiger charge is 2.23. The maximum Gasteiger partial charge on any atom is 0.234 e. The lowest BCUT2D eigenvalue weighted by Crippen LogP contribution is -2.51. The van der Waals surface area contributed by atoms with Crippen LogP contribution >= 0.6 is 0 Å². The maximum absolute atomic E-state index is 13.0. The Balaban J connectivity index is 1.32. The van der Waals surface area contributed by atoms with Crippen molar-refractivity contribution < 1.29 is 18.7 Å². The summed E-state index contributed by atoms with van der Waals surface area (Å²) in [6.45, 7) is 4.30. The minimum absolute atomic E-state index is 0.0209. The van der Waals surface area contributed by atoms with Crippen LogP contribution in [-0.4, -0.2) is 74.6 Å². The van der Waals surface area contributed by atoms with E-state index in [2.05, 4.69) is 22.3 Å². The van der Waals surface area contributed by atoms with Crippen LogP contribution in [0.5, 0.6) is 0 Å². The van der Waals surface area contributed by atoms with Gasteiger partial charge in [-0.15, -0.1) is 0 Å². The maximum atomic E-state index is 13.0. The van der Waals surface area contributed by atoms with Crippen LogP contribution in [-0.2, 0) is 20.7 Å². The standard InChI is InChI=1S/C24H29N3O4/c1-30-14-4-9-25-22(28)16-26-10-12-27(13-11-26)23(29)15-19-17-31-21-8-7-18-5-2-3-6-20(18)24(19)21/h2-3,5-8,17H,4,9-16H2,1H3,(H,25,28). The van der Waals surface area contributed by atoms with E-state index in [-0.39, 0.29) is 11.8 Å². The van der Waals surface area contributed by atoms with Crippen molar-refractivity contribution in [2.45, 2.75) is 12.8 Å². The second-order valence-electron chi connectivity index (χ2n) is 7.95. The number of nitrogens with one attached hydrogen (secondary N) is 1. The molecule has 2 aromatic carbocycles. The van der Waals surface area contributed by atoms with E-state index in [0.717, 1.165) is 33.7 Å². The van der Waals surface area contributed by atoms with Gasteiger partial charge in [-0.1, -0.05) is 30.3 Å².